The second-order valence-corrected chi connectivity index (χ2v) is 8.45. The number of carbonyl (C=O) groups is 1. The van der Waals surface area contributed by atoms with E-state index in [0.717, 1.165) is 24.2 Å². The van der Waals surface area contributed by atoms with Crippen molar-refractivity contribution in [2.75, 3.05) is 6.54 Å². The van der Waals surface area contributed by atoms with Crippen LogP contribution in [0, 0.1) is 30.6 Å². The fourth-order valence-corrected chi connectivity index (χ4v) is 6.20. The van der Waals surface area contributed by atoms with E-state index < -0.39 is 6.10 Å². The number of nitrogens with one attached hydrogen (secondary N) is 1. The standard InChI is InChI=1S/C18H26N4O3/c1-9-19-17(25-21-9)16-7-11(23)8-22(16)18(24)20-15-6-10-5-14(15)13-4-2-3-12(10)13/h10-16,23H,2-8H2,1H3,(H,20,24)/t10?,11-,12?,13?,14?,15?,16+/m0/s1. The summed E-state index contributed by atoms with van der Waals surface area (Å²) >= 11 is 0. The van der Waals surface area contributed by atoms with Crippen molar-refractivity contribution in [1.82, 2.24) is 20.4 Å². The van der Waals surface area contributed by atoms with Gasteiger partial charge in [-0.05, 0) is 56.3 Å². The van der Waals surface area contributed by atoms with Gasteiger partial charge in [-0.1, -0.05) is 11.6 Å². The van der Waals surface area contributed by atoms with Crippen LogP contribution in [0.25, 0.3) is 0 Å². The summed E-state index contributed by atoms with van der Waals surface area (Å²) in [5, 5.41) is 17.2. The van der Waals surface area contributed by atoms with E-state index in [2.05, 4.69) is 15.5 Å². The summed E-state index contributed by atoms with van der Waals surface area (Å²) in [5.41, 5.74) is 0. The Morgan fingerprint density at radius 2 is 2.08 bits per heavy atom. The average Bonchev–Trinajstić information content (AvgIpc) is 3.33. The highest BCUT2D eigenvalue weighted by molar-refractivity contribution is 5.75. The summed E-state index contributed by atoms with van der Waals surface area (Å²) in [7, 11) is 0. The van der Waals surface area contributed by atoms with E-state index in [-0.39, 0.29) is 12.1 Å². The van der Waals surface area contributed by atoms with Crippen LogP contribution in [0.5, 0.6) is 0 Å². The van der Waals surface area contributed by atoms with E-state index in [0.29, 0.717) is 36.6 Å². The number of urea groups is 1. The number of aryl methyl sites for hydroxylation is 1. The lowest BCUT2D eigenvalue weighted by atomic mass is 9.79. The molecule has 0 spiro atoms. The highest BCUT2D eigenvalue weighted by Crippen LogP contribution is 2.58. The molecule has 0 aromatic carbocycles. The zero-order chi connectivity index (χ0) is 17.1. The molecule has 5 unspecified atom stereocenters. The Balaban J connectivity index is 1.29. The largest absolute Gasteiger partial charge is 0.391 e. The van der Waals surface area contributed by atoms with Crippen molar-refractivity contribution in [3.05, 3.63) is 11.7 Å². The SMILES string of the molecule is Cc1noc([C@H]2C[C@H](O)CN2C(=O)NC2CC3CC2C2CCCC32)n1. The van der Waals surface area contributed by atoms with E-state index in [1.165, 1.54) is 25.7 Å². The topological polar surface area (TPSA) is 91.5 Å². The van der Waals surface area contributed by atoms with Crippen LogP contribution in [0.2, 0.25) is 0 Å². The van der Waals surface area contributed by atoms with Crippen molar-refractivity contribution in [1.29, 1.82) is 0 Å². The molecule has 2 amide bonds. The molecular weight excluding hydrogens is 320 g/mol. The second kappa shape index (κ2) is 5.69. The average molecular weight is 346 g/mol. The lowest BCUT2D eigenvalue weighted by Crippen LogP contribution is -2.48. The van der Waals surface area contributed by atoms with Crippen molar-refractivity contribution < 1.29 is 14.4 Å². The van der Waals surface area contributed by atoms with Crippen LogP contribution in [0.1, 0.15) is 56.3 Å². The predicted octanol–water partition coefficient (Wildman–Crippen LogP) is 2.02. The number of aliphatic hydroxyl groups excluding tert-OH is 1. The number of hydrogen-bond donors (Lipinski definition) is 2. The molecular formula is C18H26N4O3. The van der Waals surface area contributed by atoms with Gasteiger partial charge in [-0.15, -0.1) is 0 Å². The molecule has 3 aliphatic carbocycles. The Labute approximate surface area is 147 Å². The van der Waals surface area contributed by atoms with Gasteiger partial charge < -0.3 is 19.8 Å². The molecule has 7 heteroatoms. The maximum absolute atomic E-state index is 12.9. The summed E-state index contributed by atoms with van der Waals surface area (Å²) in [6, 6.07) is -0.127. The molecule has 3 saturated carbocycles. The number of β-amino-alcohol motifs (C(OH)–C–C–N with tert-alkyl or cyclic N) is 1. The fraction of sp³-hybridized carbons (Fsp3) is 0.833. The monoisotopic (exact) mass is 346 g/mol. The number of rotatable bonds is 2. The van der Waals surface area contributed by atoms with Gasteiger partial charge in [0.15, 0.2) is 5.82 Å². The lowest BCUT2D eigenvalue weighted by Gasteiger charge is -2.33. The summed E-state index contributed by atoms with van der Waals surface area (Å²) < 4.78 is 5.26. The quantitative estimate of drug-likeness (QED) is 0.855. The number of aromatic nitrogens is 2. The van der Waals surface area contributed by atoms with Crippen LogP contribution in [0.4, 0.5) is 4.79 Å². The van der Waals surface area contributed by atoms with Gasteiger partial charge in [0.2, 0.25) is 5.89 Å². The van der Waals surface area contributed by atoms with Crippen LogP contribution in [0.3, 0.4) is 0 Å². The van der Waals surface area contributed by atoms with Gasteiger partial charge >= 0.3 is 6.03 Å². The van der Waals surface area contributed by atoms with Gasteiger partial charge in [0.05, 0.1) is 6.10 Å². The van der Waals surface area contributed by atoms with Crippen molar-refractivity contribution in [2.24, 2.45) is 23.7 Å². The summed E-state index contributed by atoms with van der Waals surface area (Å²) in [6.45, 7) is 2.08. The third-order valence-corrected chi connectivity index (χ3v) is 7.11. The molecule has 7 atom stereocenters. The van der Waals surface area contributed by atoms with Gasteiger partial charge in [-0.25, -0.2) is 4.79 Å². The van der Waals surface area contributed by atoms with Gasteiger partial charge in [0, 0.05) is 19.0 Å². The molecule has 1 aromatic rings. The maximum atomic E-state index is 12.9. The van der Waals surface area contributed by atoms with Gasteiger partial charge in [0.25, 0.3) is 0 Å². The molecule has 1 aliphatic heterocycles. The summed E-state index contributed by atoms with van der Waals surface area (Å²) in [4.78, 5) is 18.9. The van der Waals surface area contributed by atoms with Crippen LogP contribution in [-0.2, 0) is 0 Å². The molecule has 4 aliphatic rings. The van der Waals surface area contributed by atoms with Crippen molar-refractivity contribution in [3.8, 4) is 0 Å². The van der Waals surface area contributed by atoms with Crippen molar-refractivity contribution in [2.45, 2.75) is 63.6 Å². The van der Waals surface area contributed by atoms with E-state index in [1.54, 1.807) is 11.8 Å². The van der Waals surface area contributed by atoms with Crippen molar-refractivity contribution >= 4 is 6.03 Å². The molecule has 0 radical (unpaired) electrons. The van der Waals surface area contributed by atoms with E-state index in [4.69, 9.17) is 4.52 Å². The molecule has 7 nitrogen and oxygen atoms in total. The van der Waals surface area contributed by atoms with Gasteiger partial charge in [-0.3, -0.25) is 0 Å². The smallest absolute Gasteiger partial charge is 0.318 e. The first-order valence-electron chi connectivity index (χ1n) is 9.65. The van der Waals surface area contributed by atoms with Gasteiger partial charge in [0.1, 0.15) is 6.04 Å². The highest BCUT2D eigenvalue weighted by Gasteiger charge is 2.54. The number of amides is 2. The summed E-state index contributed by atoms with van der Waals surface area (Å²) in [6.07, 6.45) is 6.42. The minimum Gasteiger partial charge on any atom is -0.391 e. The Hall–Kier alpha value is -1.63. The van der Waals surface area contributed by atoms with Crippen LogP contribution >= 0.6 is 0 Å². The Kier molecular flexibility index (Phi) is 3.55. The predicted molar refractivity (Wildman–Crippen MR) is 88.5 cm³/mol. The van der Waals surface area contributed by atoms with Crippen LogP contribution in [0.15, 0.2) is 4.52 Å². The first-order chi connectivity index (χ1) is 12.1. The first-order valence-corrected chi connectivity index (χ1v) is 9.65. The Morgan fingerprint density at radius 3 is 2.88 bits per heavy atom. The third-order valence-electron chi connectivity index (χ3n) is 7.11. The molecule has 1 saturated heterocycles. The lowest BCUT2D eigenvalue weighted by molar-refractivity contribution is 0.152. The molecule has 5 rings (SSSR count). The van der Waals surface area contributed by atoms with Gasteiger partial charge in [-0.2, -0.15) is 4.98 Å². The van der Waals surface area contributed by atoms with E-state index in [1.807, 2.05) is 0 Å². The molecule has 25 heavy (non-hydrogen) atoms. The number of nitrogens with zero attached hydrogens (tertiary/aromatic N) is 3. The van der Waals surface area contributed by atoms with E-state index in [9.17, 15) is 9.90 Å². The van der Waals surface area contributed by atoms with Crippen LogP contribution in [-0.4, -0.2) is 44.9 Å². The third kappa shape index (κ3) is 2.46. The van der Waals surface area contributed by atoms with Crippen molar-refractivity contribution in [3.63, 3.8) is 0 Å². The molecule has 2 heterocycles. The molecule has 1 aromatic heterocycles. The number of hydrogen-bond acceptors (Lipinski definition) is 5. The molecule has 136 valence electrons. The molecule has 2 N–H and O–H groups in total. The number of likely N-dealkylation sites (tertiary alicyclic amines) is 1. The minimum absolute atomic E-state index is 0.0931. The zero-order valence-corrected chi connectivity index (χ0v) is 14.6. The highest BCUT2D eigenvalue weighted by atomic mass is 16.5. The minimum atomic E-state index is -0.540. The Morgan fingerprint density at radius 1 is 1.24 bits per heavy atom. The fourth-order valence-electron chi connectivity index (χ4n) is 6.20. The molecule has 4 fully saturated rings. The van der Waals surface area contributed by atoms with Crippen LogP contribution < -0.4 is 5.32 Å². The number of carbonyl (C=O) groups excluding carboxylic acids is 1. The zero-order valence-electron chi connectivity index (χ0n) is 14.6. The number of aliphatic hydroxyl groups is 1. The molecule has 2 bridgehead atoms. The maximum Gasteiger partial charge on any atom is 0.318 e. The number of fused-ring (bicyclic) bond motifs is 5. The normalized spacial score (nSPS) is 42.2. The first kappa shape index (κ1) is 15.6. The second-order valence-electron chi connectivity index (χ2n) is 8.45. The summed E-state index contributed by atoms with van der Waals surface area (Å²) in [5.74, 6) is 4.17. The van der Waals surface area contributed by atoms with E-state index >= 15 is 0 Å². The Bertz CT molecular complexity index is 677.